The average molecular weight is 275 g/mol. The molecule has 0 aliphatic rings. The maximum Gasteiger partial charge on any atom is 0.235 e. The zero-order chi connectivity index (χ0) is 13.6. The second-order valence-corrected chi connectivity index (χ2v) is 5.34. The minimum absolute atomic E-state index is 0.0887. The van der Waals surface area contributed by atoms with Gasteiger partial charge in [-0.3, -0.25) is 4.72 Å². The Balaban J connectivity index is 2.76. The van der Waals surface area contributed by atoms with Crippen LogP contribution in [0.2, 0.25) is 0 Å². The highest BCUT2D eigenvalue weighted by Crippen LogP contribution is 2.28. The molecule has 0 saturated heterocycles. The number of hydrogen-bond acceptors (Lipinski definition) is 5. The highest BCUT2D eigenvalue weighted by Gasteiger charge is 2.13. The average Bonchev–Trinajstić information content (AvgIpc) is 2.32. The van der Waals surface area contributed by atoms with Crippen molar-refractivity contribution in [3.05, 3.63) is 18.2 Å². The Kier molecular flexibility index (Phi) is 5.24. The van der Waals surface area contributed by atoms with E-state index in [0.29, 0.717) is 12.4 Å². The van der Waals surface area contributed by atoms with E-state index < -0.39 is 10.0 Å². The van der Waals surface area contributed by atoms with Gasteiger partial charge in [0.05, 0.1) is 25.2 Å². The molecular formula is C11H17NO5S. The molecule has 0 aliphatic carbocycles. The van der Waals surface area contributed by atoms with Crippen LogP contribution in [0, 0.1) is 0 Å². The highest BCUT2D eigenvalue weighted by molar-refractivity contribution is 7.92. The Hall–Kier alpha value is -1.47. The van der Waals surface area contributed by atoms with Gasteiger partial charge in [0.1, 0.15) is 11.5 Å². The molecule has 2 N–H and O–H groups in total. The van der Waals surface area contributed by atoms with Gasteiger partial charge in [0.25, 0.3) is 0 Å². The summed E-state index contributed by atoms with van der Waals surface area (Å²) in [4.78, 5) is 0. The molecule has 0 radical (unpaired) electrons. The number of rotatable bonds is 7. The summed E-state index contributed by atoms with van der Waals surface area (Å²) in [5.74, 6) is 0.128. The van der Waals surface area contributed by atoms with Gasteiger partial charge in [-0.2, -0.15) is 0 Å². The zero-order valence-corrected chi connectivity index (χ0v) is 11.2. The van der Waals surface area contributed by atoms with Gasteiger partial charge >= 0.3 is 0 Å². The maximum absolute atomic E-state index is 11.7. The fourth-order valence-corrected chi connectivity index (χ4v) is 2.19. The lowest BCUT2D eigenvalue weighted by molar-refractivity contribution is 0.163. The number of hydrogen-bond donors (Lipinski definition) is 2. The number of phenolic OH excluding ortho intramolecular Hbond substituents is 1. The van der Waals surface area contributed by atoms with Crippen LogP contribution in [0.15, 0.2) is 18.2 Å². The van der Waals surface area contributed by atoms with Gasteiger partial charge in [-0.1, -0.05) is 0 Å². The standard InChI is InChI=1S/C11H17NO5S/c1-3-17-6-7-18(14,15)12-10-8-9(16-2)4-5-11(10)13/h4-5,8,12-13H,3,6-7H2,1-2H3. The van der Waals surface area contributed by atoms with E-state index >= 15 is 0 Å². The van der Waals surface area contributed by atoms with Crippen molar-refractivity contribution in [1.82, 2.24) is 0 Å². The third-order valence-corrected chi connectivity index (χ3v) is 3.40. The fraction of sp³-hybridized carbons (Fsp3) is 0.455. The number of anilines is 1. The minimum Gasteiger partial charge on any atom is -0.506 e. The van der Waals surface area contributed by atoms with Crippen LogP contribution in [0.5, 0.6) is 11.5 Å². The molecule has 7 heteroatoms. The number of ether oxygens (including phenoxy) is 2. The lowest BCUT2D eigenvalue weighted by Crippen LogP contribution is -2.20. The van der Waals surface area contributed by atoms with Crippen LogP contribution in [-0.4, -0.2) is 39.6 Å². The first-order chi connectivity index (χ1) is 8.48. The number of nitrogens with one attached hydrogen (secondary N) is 1. The van der Waals surface area contributed by atoms with Crippen LogP contribution in [0.25, 0.3) is 0 Å². The Morgan fingerprint density at radius 1 is 1.39 bits per heavy atom. The van der Waals surface area contributed by atoms with E-state index in [0.717, 1.165) is 0 Å². The van der Waals surface area contributed by atoms with E-state index in [1.165, 1.54) is 25.3 Å². The Morgan fingerprint density at radius 3 is 2.72 bits per heavy atom. The van der Waals surface area contributed by atoms with E-state index in [-0.39, 0.29) is 23.8 Å². The summed E-state index contributed by atoms with van der Waals surface area (Å²) < 4.78 is 35.6. The first-order valence-corrected chi connectivity index (χ1v) is 7.09. The van der Waals surface area contributed by atoms with E-state index in [4.69, 9.17) is 9.47 Å². The van der Waals surface area contributed by atoms with Crippen molar-refractivity contribution >= 4 is 15.7 Å². The van der Waals surface area contributed by atoms with Gasteiger partial charge in [0, 0.05) is 12.7 Å². The Bertz CT molecular complexity index is 486. The number of phenols is 1. The topological polar surface area (TPSA) is 84.9 Å². The monoisotopic (exact) mass is 275 g/mol. The molecule has 1 aromatic carbocycles. The van der Waals surface area contributed by atoms with E-state index in [1.54, 1.807) is 6.92 Å². The molecule has 18 heavy (non-hydrogen) atoms. The molecule has 1 aromatic rings. The third-order valence-electron chi connectivity index (χ3n) is 2.17. The molecule has 0 heterocycles. The van der Waals surface area contributed by atoms with E-state index in [2.05, 4.69) is 4.72 Å². The number of methoxy groups -OCH3 is 1. The second-order valence-electron chi connectivity index (χ2n) is 3.50. The van der Waals surface area contributed by atoms with Gasteiger partial charge in [-0.05, 0) is 19.1 Å². The molecule has 0 amide bonds. The molecule has 0 aliphatic heterocycles. The van der Waals surface area contributed by atoms with Crippen LogP contribution >= 0.6 is 0 Å². The normalized spacial score (nSPS) is 11.2. The van der Waals surface area contributed by atoms with Crippen molar-refractivity contribution in [2.24, 2.45) is 0 Å². The van der Waals surface area contributed by atoms with Gasteiger partial charge in [-0.15, -0.1) is 0 Å². The number of sulfonamides is 1. The first-order valence-electron chi connectivity index (χ1n) is 5.43. The summed E-state index contributed by atoms with van der Waals surface area (Å²) in [6, 6.07) is 4.31. The number of benzene rings is 1. The summed E-state index contributed by atoms with van der Waals surface area (Å²) in [6.45, 7) is 2.35. The molecule has 0 unspecified atom stereocenters. The van der Waals surface area contributed by atoms with Crippen molar-refractivity contribution in [3.63, 3.8) is 0 Å². The smallest absolute Gasteiger partial charge is 0.235 e. The summed E-state index contributed by atoms with van der Waals surface area (Å²) in [7, 11) is -2.09. The molecule has 0 bridgehead atoms. The van der Waals surface area contributed by atoms with Crippen LogP contribution in [0.4, 0.5) is 5.69 Å². The predicted molar refractivity (Wildman–Crippen MR) is 68.6 cm³/mol. The molecule has 0 fully saturated rings. The van der Waals surface area contributed by atoms with Gasteiger partial charge in [0.2, 0.25) is 10.0 Å². The van der Waals surface area contributed by atoms with Gasteiger partial charge < -0.3 is 14.6 Å². The van der Waals surface area contributed by atoms with Crippen LogP contribution in [0.1, 0.15) is 6.92 Å². The number of aromatic hydroxyl groups is 1. The maximum atomic E-state index is 11.7. The highest BCUT2D eigenvalue weighted by atomic mass is 32.2. The molecule has 0 spiro atoms. The van der Waals surface area contributed by atoms with Crippen molar-refractivity contribution in [3.8, 4) is 11.5 Å². The van der Waals surface area contributed by atoms with Crippen LogP contribution < -0.4 is 9.46 Å². The van der Waals surface area contributed by atoms with Crippen molar-refractivity contribution in [1.29, 1.82) is 0 Å². The molecule has 0 atom stereocenters. The van der Waals surface area contributed by atoms with Crippen molar-refractivity contribution in [2.45, 2.75) is 6.92 Å². The lowest BCUT2D eigenvalue weighted by atomic mass is 10.3. The van der Waals surface area contributed by atoms with E-state index in [9.17, 15) is 13.5 Å². The van der Waals surface area contributed by atoms with Gasteiger partial charge in [0.15, 0.2) is 0 Å². The first kappa shape index (κ1) is 14.6. The third kappa shape index (κ3) is 4.42. The van der Waals surface area contributed by atoms with Crippen molar-refractivity contribution in [2.75, 3.05) is 30.8 Å². The van der Waals surface area contributed by atoms with E-state index in [1.807, 2.05) is 0 Å². The molecule has 1 rings (SSSR count). The van der Waals surface area contributed by atoms with Gasteiger partial charge in [-0.25, -0.2) is 8.42 Å². The predicted octanol–water partition coefficient (Wildman–Crippen LogP) is 1.18. The molecular weight excluding hydrogens is 258 g/mol. The van der Waals surface area contributed by atoms with Crippen molar-refractivity contribution < 1.29 is 23.0 Å². The lowest BCUT2D eigenvalue weighted by Gasteiger charge is -2.10. The fourth-order valence-electron chi connectivity index (χ4n) is 1.26. The van der Waals surface area contributed by atoms with Crippen LogP contribution in [0.3, 0.4) is 0 Å². The molecule has 0 aromatic heterocycles. The van der Waals surface area contributed by atoms with Crippen LogP contribution in [-0.2, 0) is 14.8 Å². The zero-order valence-electron chi connectivity index (χ0n) is 10.3. The second kappa shape index (κ2) is 6.46. The minimum atomic E-state index is -3.54. The molecule has 102 valence electrons. The summed E-state index contributed by atoms with van der Waals surface area (Å²) in [5, 5.41) is 9.55. The quantitative estimate of drug-likeness (QED) is 0.576. The largest absolute Gasteiger partial charge is 0.506 e. The Labute approximate surface area is 107 Å². The molecule has 6 nitrogen and oxygen atoms in total. The Morgan fingerprint density at radius 2 is 2.11 bits per heavy atom. The molecule has 0 saturated carbocycles. The SMILES string of the molecule is CCOCCS(=O)(=O)Nc1cc(OC)ccc1O. The summed E-state index contributed by atoms with van der Waals surface area (Å²) in [5.41, 5.74) is 0.0887. The summed E-state index contributed by atoms with van der Waals surface area (Å²) in [6.07, 6.45) is 0. The summed E-state index contributed by atoms with van der Waals surface area (Å²) >= 11 is 0.